The zero-order valence-corrected chi connectivity index (χ0v) is 9.39. The molecule has 1 rings (SSSR count). The summed E-state index contributed by atoms with van der Waals surface area (Å²) < 4.78 is -0.0244. The summed E-state index contributed by atoms with van der Waals surface area (Å²) in [5.41, 5.74) is 0. The van der Waals surface area contributed by atoms with Gasteiger partial charge in [-0.15, -0.1) is 11.3 Å². The fraction of sp³-hybridized carbons (Fsp3) is 0.429. The topological polar surface area (TPSA) is 25.2 Å². The third-order valence-electron chi connectivity index (χ3n) is 0.933. The molecule has 1 heterocycles. The Kier molecular flexibility index (Phi) is 3.00. The Balaban J connectivity index is 2.63. The molecule has 60 valence electrons. The summed E-state index contributed by atoms with van der Waals surface area (Å²) in [5.74, 6) is 0. The average molecular weight is 280 g/mol. The summed E-state index contributed by atoms with van der Waals surface area (Å²) in [7, 11) is 0. The van der Waals surface area contributed by atoms with Gasteiger partial charge < -0.3 is 0 Å². The number of rotatable bonds is 2. The molecule has 0 saturated heterocycles. The normalized spacial score (nSPS) is 12.6. The van der Waals surface area contributed by atoms with Gasteiger partial charge in [-0.3, -0.25) is 4.99 Å². The first kappa shape index (κ1) is 9.12. The van der Waals surface area contributed by atoms with E-state index in [9.17, 15) is 0 Å². The van der Waals surface area contributed by atoms with Crippen molar-refractivity contribution in [3.63, 3.8) is 0 Å². The van der Waals surface area contributed by atoms with Crippen molar-refractivity contribution in [3.8, 4) is 0 Å². The van der Waals surface area contributed by atoms with Crippen molar-refractivity contribution in [1.29, 1.82) is 0 Å². The molecule has 0 radical (unpaired) electrons. The molecule has 0 spiro atoms. The van der Waals surface area contributed by atoms with Gasteiger partial charge in [0.15, 0.2) is 0 Å². The first-order chi connectivity index (χ1) is 5.08. The molecule has 0 aromatic carbocycles. The monoisotopic (exact) mass is 280 g/mol. The van der Waals surface area contributed by atoms with Crippen LogP contribution in [0.3, 0.4) is 0 Å². The minimum atomic E-state index is -0.0244. The molecule has 4 heteroatoms. The fourth-order valence-corrected chi connectivity index (χ4v) is 1.14. The highest BCUT2D eigenvalue weighted by Crippen LogP contribution is 2.17. The van der Waals surface area contributed by atoms with E-state index < -0.39 is 0 Å². The third kappa shape index (κ3) is 3.81. The van der Waals surface area contributed by atoms with Crippen LogP contribution in [0.4, 0.5) is 0 Å². The summed E-state index contributed by atoms with van der Waals surface area (Å²) in [6, 6.07) is 0. The molecule has 1 aromatic rings. The number of aromatic nitrogens is 1. The molecule has 0 bridgehead atoms. The van der Waals surface area contributed by atoms with Gasteiger partial charge in [-0.25, -0.2) is 4.98 Å². The molecule has 0 aliphatic rings. The van der Waals surface area contributed by atoms with Gasteiger partial charge in [0.25, 0.3) is 0 Å². The molecular formula is C7H9IN2S. The number of aliphatic imine (C=N–C) groups is 1. The van der Waals surface area contributed by atoms with Gasteiger partial charge in [-0.05, 0) is 13.8 Å². The van der Waals surface area contributed by atoms with E-state index >= 15 is 0 Å². The molecule has 0 atom stereocenters. The SMILES string of the molecule is CC(C)(I)N=Cc1nccs1. The first-order valence-electron chi connectivity index (χ1n) is 3.21. The number of thiazole rings is 1. The predicted octanol–water partition coefficient (Wildman–Crippen LogP) is 2.73. The Morgan fingerprint density at radius 3 is 2.91 bits per heavy atom. The van der Waals surface area contributed by atoms with Crippen LogP contribution in [-0.2, 0) is 0 Å². The zero-order valence-electron chi connectivity index (χ0n) is 6.41. The molecular weight excluding hydrogens is 271 g/mol. The molecule has 0 aliphatic carbocycles. The van der Waals surface area contributed by atoms with Crippen molar-refractivity contribution in [2.45, 2.75) is 17.4 Å². The highest BCUT2D eigenvalue weighted by atomic mass is 127. The Hall–Kier alpha value is 0.0300. The van der Waals surface area contributed by atoms with Crippen LogP contribution in [0.5, 0.6) is 0 Å². The Labute approximate surface area is 83.9 Å². The van der Waals surface area contributed by atoms with E-state index in [1.54, 1.807) is 17.5 Å². The van der Waals surface area contributed by atoms with Crippen LogP contribution < -0.4 is 0 Å². The minimum Gasteiger partial charge on any atom is -0.273 e. The molecule has 0 amide bonds. The van der Waals surface area contributed by atoms with E-state index in [2.05, 4.69) is 46.4 Å². The van der Waals surface area contributed by atoms with E-state index in [1.807, 2.05) is 11.6 Å². The van der Waals surface area contributed by atoms with Gasteiger partial charge >= 0.3 is 0 Å². The third-order valence-corrected chi connectivity index (χ3v) is 1.92. The molecule has 11 heavy (non-hydrogen) atoms. The smallest absolute Gasteiger partial charge is 0.133 e. The molecule has 0 fully saturated rings. The second-order valence-electron chi connectivity index (χ2n) is 2.54. The fourth-order valence-electron chi connectivity index (χ4n) is 0.507. The van der Waals surface area contributed by atoms with Crippen LogP contribution in [0.2, 0.25) is 0 Å². The van der Waals surface area contributed by atoms with Crippen molar-refractivity contribution in [2.24, 2.45) is 4.99 Å². The van der Waals surface area contributed by atoms with Crippen LogP contribution in [-0.4, -0.2) is 14.7 Å². The Bertz CT molecular complexity index is 235. The lowest BCUT2D eigenvalue weighted by atomic mass is 10.4. The van der Waals surface area contributed by atoms with Crippen molar-refractivity contribution < 1.29 is 0 Å². The van der Waals surface area contributed by atoms with Crippen molar-refractivity contribution in [2.75, 3.05) is 0 Å². The predicted molar refractivity (Wildman–Crippen MR) is 57.8 cm³/mol. The maximum atomic E-state index is 4.31. The Morgan fingerprint density at radius 1 is 1.73 bits per heavy atom. The quantitative estimate of drug-likeness (QED) is 0.354. The average Bonchev–Trinajstić information content (AvgIpc) is 2.32. The second-order valence-corrected chi connectivity index (χ2v) is 6.10. The summed E-state index contributed by atoms with van der Waals surface area (Å²) >= 11 is 3.88. The second kappa shape index (κ2) is 3.62. The lowest BCUT2D eigenvalue weighted by Crippen LogP contribution is -2.03. The van der Waals surface area contributed by atoms with Crippen molar-refractivity contribution in [3.05, 3.63) is 16.6 Å². The van der Waals surface area contributed by atoms with Crippen LogP contribution >= 0.6 is 33.9 Å². The van der Waals surface area contributed by atoms with E-state index in [0.717, 1.165) is 5.01 Å². The number of alkyl halides is 1. The molecule has 0 unspecified atom stereocenters. The highest BCUT2D eigenvalue weighted by molar-refractivity contribution is 14.1. The zero-order chi connectivity index (χ0) is 8.32. The minimum absolute atomic E-state index is 0.0244. The van der Waals surface area contributed by atoms with Gasteiger partial charge in [0.1, 0.15) is 8.55 Å². The first-order valence-corrected chi connectivity index (χ1v) is 5.17. The maximum Gasteiger partial charge on any atom is 0.133 e. The van der Waals surface area contributed by atoms with E-state index in [1.165, 1.54) is 0 Å². The Morgan fingerprint density at radius 2 is 2.45 bits per heavy atom. The van der Waals surface area contributed by atoms with Gasteiger partial charge in [0.2, 0.25) is 0 Å². The summed E-state index contributed by atoms with van der Waals surface area (Å²) in [6.07, 6.45) is 3.60. The van der Waals surface area contributed by atoms with Crippen LogP contribution in [0, 0.1) is 0 Å². The molecule has 1 aromatic heterocycles. The summed E-state index contributed by atoms with van der Waals surface area (Å²) in [6.45, 7) is 4.11. The number of hydrogen-bond acceptors (Lipinski definition) is 3. The molecule has 0 saturated carbocycles. The van der Waals surface area contributed by atoms with Gasteiger partial charge in [-0.2, -0.15) is 0 Å². The van der Waals surface area contributed by atoms with Gasteiger partial charge in [0, 0.05) is 11.6 Å². The van der Waals surface area contributed by atoms with Gasteiger partial charge in [-0.1, -0.05) is 22.6 Å². The number of halogens is 1. The maximum absolute atomic E-state index is 4.31. The molecule has 2 nitrogen and oxygen atoms in total. The van der Waals surface area contributed by atoms with Crippen molar-refractivity contribution >= 4 is 40.1 Å². The van der Waals surface area contributed by atoms with Crippen molar-refractivity contribution in [1.82, 2.24) is 4.98 Å². The van der Waals surface area contributed by atoms with E-state index in [-0.39, 0.29) is 3.55 Å². The highest BCUT2D eigenvalue weighted by Gasteiger charge is 2.07. The largest absolute Gasteiger partial charge is 0.273 e. The standard InChI is InChI=1S/C7H9IN2S/c1-7(2,8)10-5-6-9-3-4-11-6/h3-5H,1-2H3. The van der Waals surface area contributed by atoms with Crippen LogP contribution in [0.15, 0.2) is 16.6 Å². The lowest BCUT2D eigenvalue weighted by molar-refractivity contribution is 0.806. The summed E-state index contributed by atoms with van der Waals surface area (Å²) in [4.78, 5) is 8.39. The van der Waals surface area contributed by atoms with Crippen LogP contribution in [0.25, 0.3) is 0 Å². The lowest BCUT2D eigenvalue weighted by Gasteiger charge is -2.07. The molecule has 0 N–H and O–H groups in total. The number of hydrogen-bond donors (Lipinski definition) is 0. The van der Waals surface area contributed by atoms with Crippen LogP contribution in [0.1, 0.15) is 18.9 Å². The number of nitrogens with zero attached hydrogens (tertiary/aromatic N) is 2. The summed E-state index contributed by atoms with van der Waals surface area (Å²) in [5, 5.41) is 2.91. The van der Waals surface area contributed by atoms with Gasteiger partial charge in [0.05, 0.1) is 6.21 Å². The molecule has 0 aliphatic heterocycles. The van der Waals surface area contributed by atoms with E-state index in [0.29, 0.717) is 0 Å². The van der Waals surface area contributed by atoms with E-state index in [4.69, 9.17) is 0 Å².